The molecule has 0 aliphatic heterocycles. The van der Waals surface area contributed by atoms with Gasteiger partial charge >= 0.3 is 8.56 Å². The quantitative estimate of drug-likeness (QED) is 0.248. The van der Waals surface area contributed by atoms with Gasteiger partial charge in [-0.25, -0.2) is 0 Å². The second kappa shape index (κ2) is 14.7. The van der Waals surface area contributed by atoms with Crippen LogP contribution in [0.15, 0.2) is 0 Å². The Hall–Kier alpha value is 0.721. The lowest BCUT2D eigenvalue weighted by Gasteiger charge is -2.38. The molecule has 152 valence electrons. The molecule has 2 atom stereocenters. The van der Waals surface area contributed by atoms with E-state index < -0.39 is 37.4 Å². The van der Waals surface area contributed by atoms with Crippen LogP contribution >= 0.6 is 0 Å². The van der Waals surface area contributed by atoms with Crippen LogP contribution in [0.3, 0.4) is 0 Å². The maximum Gasteiger partial charge on any atom is 0.318 e. The van der Waals surface area contributed by atoms with Gasteiger partial charge in [-0.15, -0.1) is 0 Å². The molecule has 0 saturated carbocycles. The van der Waals surface area contributed by atoms with Crippen molar-refractivity contribution < 1.29 is 12.4 Å². The molecule has 0 aromatic rings. The van der Waals surface area contributed by atoms with Gasteiger partial charge in [0, 0.05) is 27.8 Å². The standard InChI is InChI=1S/C18H44O3SSi3/c1-8-10-11-12-13-14-15-16-18(17-22(19)9-2)25(7,20-23(3)4)21-24(5)6/h18,23-24H,8-17H2,1-7H3. The Morgan fingerprint density at radius 1 is 0.880 bits per heavy atom. The van der Waals surface area contributed by atoms with E-state index in [4.69, 9.17) is 8.23 Å². The van der Waals surface area contributed by atoms with Gasteiger partial charge in [-0.1, -0.05) is 58.8 Å². The molecule has 3 nitrogen and oxygen atoms in total. The molecule has 0 aliphatic carbocycles. The molecule has 0 radical (unpaired) electrons. The number of rotatable bonds is 16. The topological polar surface area (TPSA) is 35.5 Å². The van der Waals surface area contributed by atoms with E-state index in [9.17, 15) is 4.21 Å². The van der Waals surface area contributed by atoms with Crippen molar-refractivity contribution in [3.63, 3.8) is 0 Å². The molecule has 0 N–H and O–H groups in total. The zero-order valence-corrected chi connectivity index (χ0v) is 22.1. The van der Waals surface area contributed by atoms with Gasteiger partial charge in [0.25, 0.3) is 0 Å². The van der Waals surface area contributed by atoms with E-state index in [1.165, 1.54) is 44.9 Å². The lowest BCUT2D eigenvalue weighted by Crippen LogP contribution is -2.50. The molecule has 0 spiro atoms. The van der Waals surface area contributed by atoms with Crippen LogP contribution in [0.5, 0.6) is 0 Å². The predicted molar refractivity (Wildman–Crippen MR) is 121 cm³/mol. The molecule has 0 heterocycles. The second-order valence-corrected chi connectivity index (χ2v) is 18.6. The first-order valence-corrected chi connectivity index (χ1v) is 19.9. The third-order valence-electron chi connectivity index (χ3n) is 4.55. The average Bonchev–Trinajstić information content (AvgIpc) is 2.50. The van der Waals surface area contributed by atoms with Crippen LogP contribution in [0.4, 0.5) is 0 Å². The number of hydrogen-bond acceptors (Lipinski definition) is 3. The third-order valence-corrected chi connectivity index (χ3v) is 15.8. The van der Waals surface area contributed by atoms with Crippen LogP contribution in [-0.4, -0.2) is 42.4 Å². The van der Waals surface area contributed by atoms with Crippen molar-refractivity contribution in [1.29, 1.82) is 0 Å². The van der Waals surface area contributed by atoms with Crippen LogP contribution in [0.2, 0.25) is 38.3 Å². The Labute approximate surface area is 164 Å². The molecule has 0 fully saturated rings. The van der Waals surface area contributed by atoms with E-state index in [1.54, 1.807) is 0 Å². The summed E-state index contributed by atoms with van der Waals surface area (Å²) < 4.78 is 25.3. The molecular formula is C18H44O3SSi3. The van der Waals surface area contributed by atoms with E-state index in [1.807, 2.05) is 6.92 Å². The molecule has 0 aromatic carbocycles. The minimum absolute atomic E-state index is 0.383. The summed E-state index contributed by atoms with van der Waals surface area (Å²) in [4.78, 5) is 0. The van der Waals surface area contributed by atoms with Crippen molar-refractivity contribution in [2.45, 2.75) is 103 Å². The van der Waals surface area contributed by atoms with Crippen LogP contribution in [0.1, 0.15) is 65.2 Å². The van der Waals surface area contributed by atoms with Gasteiger partial charge in [0.15, 0.2) is 18.1 Å². The van der Waals surface area contributed by atoms with Crippen molar-refractivity contribution in [3.8, 4) is 0 Å². The number of hydrogen-bond donors (Lipinski definition) is 0. The first-order chi connectivity index (χ1) is 11.7. The number of unbranched alkanes of at least 4 members (excludes halogenated alkanes) is 6. The van der Waals surface area contributed by atoms with Crippen molar-refractivity contribution in [3.05, 3.63) is 0 Å². The molecule has 0 bridgehead atoms. The van der Waals surface area contributed by atoms with Crippen molar-refractivity contribution in [2.24, 2.45) is 0 Å². The molecule has 0 rings (SSSR count). The summed E-state index contributed by atoms with van der Waals surface area (Å²) in [5, 5.41) is 0. The molecule has 2 unspecified atom stereocenters. The van der Waals surface area contributed by atoms with E-state index >= 15 is 0 Å². The van der Waals surface area contributed by atoms with E-state index in [-0.39, 0.29) is 0 Å². The minimum Gasteiger partial charge on any atom is -0.439 e. The molecule has 0 amide bonds. The van der Waals surface area contributed by atoms with Crippen molar-refractivity contribution >= 4 is 37.4 Å². The Kier molecular flexibility index (Phi) is 15.2. The fourth-order valence-corrected chi connectivity index (χ4v) is 16.4. The summed E-state index contributed by atoms with van der Waals surface area (Å²) in [6.45, 7) is 15.5. The normalized spacial score (nSPS) is 15.1. The zero-order valence-electron chi connectivity index (χ0n) is 17.9. The molecular weight excluding hydrogens is 381 g/mol. The smallest absolute Gasteiger partial charge is 0.318 e. The third kappa shape index (κ3) is 12.7. The van der Waals surface area contributed by atoms with E-state index in [0.717, 1.165) is 17.9 Å². The monoisotopic (exact) mass is 424 g/mol. The Bertz CT molecular complexity index is 344. The van der Waals surface area contributed by atoms with E-state index in [0.29, 0.717) is 5.54 Å². The lowest BCUT2D eigenvalue weighted by atomic mass is 10.1. The summed E-state index contributed by atoms with van der Waals surface area (Å²) in [6.07, 6.45) is 10.4. The first-order valence-electron chi connectivity index (χ1n) is 10.5. The second-order valence-electron chi connectivity index (χ2n) is 7.85. The summed E-state index contributed by atoms with van der Waals surface area (Å²) in [5.41, 5.74) is 0.383. The van der Waals surface area contributed by atoms with E-state index in [2.05, 4.69) is 39.7 Å². The average molecular weight is 425 g/mol. The fourth-order valence-electron chi connectivity index (χ4n) is 3.34. The van der Waals surface area contributed by atoms with Gasteiger partial charge in [-0.2, -0.15) is 0 Å². The predicted octanol–water partition coefficient (Wildman–Crippen LogP) is 5.34. The van der Waals surface area contributed by atoms with Crippen LogP contribution in [-0.2, 0) is 19.0 Å². The highest BCUT2D eigenvalue weighted by Crippen LogP contribution is 2.32. The van der Waals surface area contributed by atoms with Gasteiger partial charge in [-0.3, -0.25) is 4.21 Å². The maximum absolute atomic E-state index is 12.3. The van der Waals surface area contributed by atoms with Crippen molar-refractivity contribution in [1.82, 2.24) is 0 Å². The van der Waals surface area contributed by atoms with Gasteiger partial charge in [0.1, 0.15) is 0 Å². The zero-order chi connectivity index (χ0) is 19.3. The van der Waals surface area contributed by atoms with Crippen LogP contribution < -0.4 is 0 Å². The highest BCUT2D eigenvalue weighted by molar-refractivity contribution is 7.85. The minimum atomic E-state index is -2.23. The molecule has 0 saturated heterocycles. The van der Waals surface area contributed by atoms with Gasteiger partial charge in [-0.05, 0) is 39.2 Å². The summed E-state index contributed by atoms with van der Waals surface area (Å²) in [5.74, 6) is 1.52. The Morgan fingerprint density at radius 3 is 1.80 bits per heavy atom. The first kappa shape index (κ1) is 25.7. The van der Waals surface area contributed by atoms with Crippen LogP contribution in [0.25, 0.3) is 0 Å². The highest BCUT2D eigenvalue weighted by Gasteiger charge is 2.42. The molecule has 0 aromatic heterocycles. The largest absolute Gasteiger partial charge is 0.439 e. The summed E-state index contributed by atoms with van der Waals surface area (Å²) in [7, 11) is -5.30. The lowest BCUT2D eigenvalue weighted by molar-refractivity contribution is 0.376. The van der Waals surface area contributed by atoms with Gasteiger partial charge in [0.2, 0.25) is 0 Å². The summed E-state index contributed by atoms with van der Waals surface area (Å²) >= 11 is 0. The SMILES string of the molecule is CCCCCCCCCC(CS(=O)CC)[Si](C)(O[SiH](C)C)O[SiH](C)C. The molecule has 0 aliphatic rings. The summed E-state index contributed by atoms with van der Waals surface area (Å²) in [6, 6.07) is 0. The Balaban J connectivity index is 4.76. The Morgan fingerprint density at radius 2 is 1.36 bits per heavy atom. The van der Waals surface area contributed by atoms with Crippen molar-refractivity contribution in [2.75, 3.05) is 11.5 Å². The van der Waals surface area contributed by atoms with Crippen LogP contribution in [0, 0.1) is 0 Å². The highest BCUT2D eigenvalue weighted by atomic mass is 32.2. The fraction of sp³-hybridized carbons (Fsp3) is 1.00. The molecule has 25 heavy (non-hydrogen) atoms. The molecule has 7 heteroatoms. The maximum atomic E-state index is 12.3. The van der Waals surface area contributed by atoms with Gasteiger partial charge in [0.05, 0.1) is 0 Å². The van der Waals surface area contributed by atoms with Gasteiger partial charge < -0.3 is 8.23 Å².